The summed E-state index contributed by atoms with van der Waals surface area (Å²) < 4.78 is 0. The molecule has 1 aromatic carbocycles. The van der Waals surface area contributed by atoms with Gasteiger partial charge in [0.25, 0.3) is 5.91 Å². The minimum Gasteiger partial charge on any atom is -0.376 e. The topological polar surface area (TPSA) is 53.5 Å². The highest BCUT2D eigenvalue weighted by molar-refractivity contribution is 5.87. The van der Waals surface area contributed by atoms with E-state index >= 15 is 0 Å². The molecular weight excluding hydrogens is 262 g/mol. The maximum Gasteiger partial charge on any atom is 0.259 e. The minimum absolute atomic E-state index is 0.0900. The summed E-state index contributed by atoms with van der Waals surface area (Å²) in [7, 11) is 0. The molecule has 2 rings (SSSR count). The fraction of sp³-hybridized carbons (Fsp3) is 0.529. The van der Waals surface area contributed by atoms with Gasteiger partial charge in [0, 0.05) is 11.4 Å². The molecule has 0 aliphatic heterocycles. The third kappa shape index (κ3) is 5.58. The van der Waals surface area contributed by atoms with Gasteiger partial charge >= 0.3 is 0 Å². The van der Waals surface area contributed by atoms with Crippen LogP contribution in [0.2, 0.25) is 0 Å². The van der Waals surface area contributed by atoms with Crippen molar-refractivity contribution in [3.8, 4) is 0 Å². The van der Waals surface area contributed by atoms with Gasteiger partial charge in [0.1, 0.15) is 0 Å². The van der Waals surface area contributed by atoms with Crippen molar-refractivity contribution in [1.29, 1.82) is 0 Å². The van der Waals surface area contributed by atoms with E-state index in [1.54, 1.807) is 0 Å². The quantitative estimate of drug-likeness (QED) is 0.831. The van der Waals surface area contributed by atoms with Crippen LogP contribution in [0, 0.1) is 6.92 Å². The molecule has 0 heterocycles. The summed E-state index contributed by atoms with van der Waals surface area (Å²) in [5.74, 6) is -0.0900. The number of nitrogens with zero attached hydrogens (tertiary/aromatic N) is 1. The molecule has 1 aromatic rings. The lowest BCUT2D eigenvalue weighted by molar-refractivity contribution is -0.119. The molecule has 1 saturated carbocycles. The van der Waals surface area contributed by atoms with Crippen LogP contribution in [-0.4, -0.2) is 18.2 Å². The number of amides is 1. The summed E-state index contributed by atoms with van der Waals surface area (Å²) in [5, 5.41) is 7.44. The van der Waals surface area contributed by atoms with Crippen molar-refractivity contribution in [2.75, 3.05) is 11.9 Å². The average Bonchev–Trinajstić information content (AvgIpc) is 2.45. The Morgan fingerprint density at radius 1 is 1.10 bits per heavy atom. The molecule has 0 unspecified atom stereocenters. The first-order valence-corrected chi connectivity index (χ1v) is 7.89. The summed E-state index contributed by atoms with van der Waals surface area (Å²) in [6, 6.07) is 7.95. The zero-order chi connectivity index (χ0) is 14.9. The molecule has 0 saturated heterocycles. The molecule has 4 heteroatoms. The van der Waals surface area contributed by atoms with Crippen molar-refractivity contribution in [2.24, 2.45) is 5.10 Å². The zero-order valence-corrected chi connectivity index (χ0v) is 12.8. The van der Waals surface area contributed by atoms with E-state index in [0.29, 0.717) is 0 Å². The van der Waals surface area contributed by atoms with Crippen LogP contribution < -0.4 is 10.7 Å². The summed E-state index contributed by atoms with van der Waals surface area (Å²) in [5.41, 5.74) is 5.94. The highest BCUT2D eigenvalue weighted by atomic mass is 16.2. The minimum atomic E-state index is -0.0900. The highest BCUT2D eigenvalue weighted by Gasteiger charge is 2.06. The summed E-state index contributed by atoms with van der Waals surface area (Å²) in [4.78, 5) is 11.8. The first kappa shape index (κ1) is 15.5. The van der Waals surface area contributed by atoms with E-state index in [1.807, 2.05) is 31.2 Å². The Morgan fingerprint density at radius 3 is 2.48 bits per heavy atom. The number of hydrazone groups is 1. The number of aryl methyl sites for hydroxylation is 1. The van der Waals surface area contributed by atoms with Gasteiger partial charge in [-0.05, 0) is 44.2 Å². The van der Waals surface area contributed by atoms with Crippen molar-refractivity contribution in [2.45, 2.75) is 51.9 Å². The second-order valence-corrected chi connectivity index (χ2v) is 5.65. The SMILES string of the molecule is Cc1ccccc1NCC(=O)NN=C1CCCCCCC1. The van der Waals surface area contributed by atoms with Gasteiger partial charge in [-0.25, -0.2) is 5.43 Å². The predicted molar refractivity (Wildman–Crippen MR) is 87.6 cm³/mol. The third-order valence-corrected chi connectivity index (χ3v) is 3.85. The first-order valence-electron chi connectivity index (χ1n) is 7.89. The molecule has 1 amide bonds. The van der Waals surface area contributed by atoms with E-state index in [1.165, 1.54) is 32.1 Å². The van der Waals surface area contributed by atoms with Crippen LogP contribution in [0.5, 0.6) is 0 Å². The standard InChI is InChI=1S/C17H25N3O/c1-14-9-7-8-12-16(14)18-13-17(21)20-19-15-10-5-3-2-4-6-11-15/h7-9,12,18H,2-6,10-11,13H2,1H3,(H,20,21). The molecule has 0 atom stereocenters. The molecular formula is C17H25N3O. The number of rotatable bonds is 4. The van der Waals surface area contributed by atoms with Gasteiger partial charge in [0.2, 0.25) is 0 Å². The normalized spacial score (nSPS) is 15.8. The van der Waals surface area contributed by atoms with Crippen molar-refractivity contribution < 1.29 is 4.79 Å². The maximum absolute atomic E-state index is 11.8. The Balaban J connectivity index is 1.77. The van der Waals surface area contributed by atoms with Gasteiger partial charge in [0.15, 0.2) is 0 Å². The number of benzene rings is 1. The maximum atomic E-state index is 11.8. The van der Waals surface area contributed by atoms with E-state index in [-0.39, 0.29) is 12.5 Å². The monoisotopic (exact) mass is 287 g/mol. The van der Waals surface area contributed by atoms with Crippen LogP contribution in [0.15, 0.2) is 29.4 Å². The fourth-order valence-electron chi connectivity index (χ4n) is 2.55. The molecule has 2 N–H and O–H groups in total. The van der Waals surface area contributed by atoms with Gasteiger partial charge in [-0.15, -0.1) is 0 Å². The smallest absolute Gasteiger partial charge is 0.259 e. The Kier molecular flexibility index (Phi) is 6.25. The van der Waals surface area contributed by atoms with Crippen molar-refractivity contribution in [1.82, 2.24) is 5.43 Å². The average molecular weight is 287 g/mol. The lowest BCUT2D eigenvalue weighted by Gasteiger charge is -2.11. The number of carbonyl (C=O) groups is 1. The van der Waals surface area contributed by atoms with Crippen molar-refractivity contribution in [3.05, 3.63) is 29.8 Å². The van der Waals surface area contributed by atoms with Crippen LogP contribution in [0.1, 0.15) is 50.5 Å². The summed E-state index contributed by atoms with van der Waals surface area (Å²) >= 11 is 0. The first-order chi connectivity index (χ1) is 10.3. The van der Waals surface area contributed by atoms with E-state index < -0.39 is 0 Å². The molecule has 1 aliphatic carbocycles. The molecule has 21 heavy (non-hydrogen) atoms. The van der Waals surface area contributed by atoms with Crippen LogP contribution in [0.25, 0.3) is 0 Å². The largest absolute Gasteiger partial charge is 0.376 e. The van der Waals surface area contributed by atoms with Crippen LogP contribution in [0.4, 0.5) is 5.69 Å². The number of hydrogen-bond donors (Lipinski definition) is 2. The van der Waals surface area contributed by atoms with Gasteiger partial charge in [-0.3, -0.25) is 4.79 Å². The van der Waals surface area contributed by atoms with E-state index in [4.69, 9.17) is 0 Å². The zero-order valence-electron chi connectivity index (χ0n) is 12.8. The molecule has 1 fully saturated rings. The Bertz CT molecular complexity index is 487. The van der Waals surface area contributed by atoms with Gasteiger partial charge in [-0.2, -0.15) is 5.10 Å². The number of para-hydroxylation sites is 1. The molecule has 4 nitrogen and oxygen atoms in total. The van der Waals surface area contributed by atoms with Crippen LogP contribution in [-0.2, 0) is 4.79 Å². The molecule has 0 aromatic heterocycles. The lowest BCUT2D eigenvalue weighted by atomic mass is 9.99. The molecule has 0 bridgehead atoms. The fourth-order valence-corrected chi connectivity index (χ4v) is 2.55. The second kappa shape index (κ2) is 8.45. The molecule has 0 spiro atoms. The van der Waals surface area contributed by atoms with Gasteiger partial charge in [-0.1, -0.05) is 37.5 Å². The lowest BCUT2D eigenvalue weighted by Crippen LogP contribution is -2.27. The molecule has 114 valence electrons. The molecule has 0 radical (unpaired) electrons. The Morgan fingerprint density at radius 2 is 1.76 bits per heavy atom. The number of anilines is 1. The van der Waals surface area contributed by atoms with E-state index in [9.17, 15) is 4.79 Å². The highest BCUT2D eigenvalue weighted by Crippen LogP contribution is 2.15. The van der Waals surface area contributed by atoms with Crippen LogP contribution >= 0.6 is 0 Å². The van der Waals surface area contributed by atoms with Crippen LogP contribution in [0.3, 0.4) is 0 Å². The summed E-state index contributed by atoms with van der Waals surface area (Å²) in [6.07, 6.45) is 8.31. The van der Waals surface area contributed by atoms with Crippen molar-refractivity contribution in [3.63, 3.8) is 0 Å². The number of carbonyl (C=O) groups excluding carboxylic acids is 1. The van der Waals surface area contributed by atoms with Crippen molar-refractivity contribution >= 4 is 17.3 Å². The Hall–Kier alpha value is -1.84. The third-order valence-electron chi connectivity index (χ3n) is 3.85. The van der Waals surface area contributed by atoms with Gasteiger partial charge in [0.05, 0.1) is 6.54 Å². The number of nitrogens with one attached hydrogen (secondary N) is 2. The second-order valence-electron chi connectivity index (χ2n) is 5.65. The van der Waals surface area contributed by atoms with Gasteiger partial charge < -0.3 is 5.32 Å². The summed E-state index contributed by atoms with van der Waals surface area (Å²) in [6.45, 7) is 2.27. The van der Waals surface area contributed by atoms with E-state index in [0.717, 1.165) is 29.8 Å². The van der Waals surface area contributed by atoms with E-state index in [2.05, 4.69) is 15.8 Å². The molecule has 1 aliphatic rings. The Labute approximate surface area is 127 Å². The number of hydrogen-bond acceptors (Lipinski definition) is 3. The predicted octanol–water partition coefficient (Wildman–Crippen LogP) is 3.62.